The SMILES string of the molecule is Cc1ccc(C)c(NC(=O)CSc2nnc(NC(=O)Cc3ccccc3)s2)c1. The molecule has 0 aliphatic carbocycles. The molecule has 6 nitrogen and oxygen atoms in total. The van der Waals surface area contributed by atoms with Gasteiger partial charge >= 0.3 is 0 Å². The van der Waals surface area contributed by atoms with E-state index in [2.05, 4.69) is 20.8 Å². The number of anilines is 2. The molecule has 0 saturated heterocycles. The second kappa shape index (κ2) is 9.48. The molecule has 0 atom stereocenters. The van der Waals surface area contributed by atoms with Crippen molar-refractivity contribution in [1.82, 2.24) is 10.2 Å². The first-order valence-corrected chi connectivity index (χ1v) is 10.5. The predicted molar refractivity (Wildman–Crippen MR) is 114 cm³/mol. The number of aryl methyl sites for hydroxylation is 2. The van der Waals surface area contributed by atoms with Gasteiger partial charge in [0.25, 0.3) is 0 Å². The van der Waals surface area contributed by atoms with Gasteiger partial charge in [-0.2, -0.15) is 0 Å². The van der Waals surface area contributed by atoms with Crippen molar-refractivity contribution in [2.45, 2.75) is 24.6 Å². The zero-order valence-corrected chi connectivity index (χ0v) is 17.2. The Morgan fingerprint density at radius 1 is 1.00 bits per heavy atom. The van der Waals surface area contributed by atoms with Gasteiger partial charge in [-0.1, -0.05) is 65.6 Å². The molecule has 1 aromatic heterocycles. The highest BCUT2D eigenvalue weighted by Crippen LogP contribution is 2.26. The largest absolute Gasteiger partial charge is 0.325 e. The van der Waals surface area contributed by atoms with Gasteiger partial charge in [0, 0.05) is 5.69 Å². The molecular formula is C20H20N4O2S2. The van der Waals surface area contributed by atoms with Crippen molar-refractivity contribution >= 4 is 45.7 Å². The first kappa shape index (κ1) is 20.0. The Morgan fingerprint density at radius 3 is 2.57 bits per heavy atom. The molecule has 0 saturated carbocycles. The molecule has 144 valence electrons. The van der Waals surface area contributed by atoms with Crippen molar-refractivity contribution in [3.63, 3.8) is 0 Å². The van der Waals surface area contributed by atoms with Crippen LogP contribution in [0.3, 0.4) is 0 Å². The number of nitrogens with zero attached hydrogens (tertiary/aromatic N) is 2. The lowest BCUT2D eigenvalue weighted by Crippen LogP contribution is -2.14. The van der Waals surface area contributed by atoms with Gasteiger partial charge in [-0.15, -0.1) is 10.2 Å². The summed E-state index contributed by atoms with van der Waals surface area (Å²) in [6.45, 7) is 3.94. The normalized spacial score (nSPS) is 10.5. The Bertz CT molecular complexity index is 973. The van der Waals surface area contributed by atoms with Crippen LogP contribution in [-0.2, 0) is 16.0 Å². The highest BCUT2D eigenvalue weighted by Gasteiger charge is 2.12. The maximum Gasteiger partial charge on any atom is 0.234 e. The van der Waals surface area contributed by atoms with Gasteiger partial charge in [0.1, 0.15) is 0 Å². The molecule has 2 N–H and O–H groups in total. The van der Waals surface area contributed by atoms with Gasteiger partial charge < -0.3 is 10.6 Å². The predicted octanol–water partition coefficient (Wildman–Crippen LogP) is 4.07. The van der Waals surface area contributed by atoms with E-state index >= 15 is 0 Å². The Morgan fingerprint density at radius 2 is 1.79 bits per heavy atom. The Labute approximate surface area is 171 Å². The van der Waals surface area contributed by atoms with E-state index in [1.165, 1.54) is 23.1 Å². The van der Waals surface area contributed by atoms with Gasteiger partial charge in [0.2, 0.25) is 16.9 Å². The monoisotopic (exact) mass is 412 g/mol. The Balaban J connectivity index is 1.48. The van der Waals surface area contributed by atoms with E-state index in [9.17, 15) is 9.59 Å². The van der Waals surface area contributed by atoms with Gasteiger partial charge in [-0.3, -0.25) is 9.59 Å². The molecule has 28 heavy (non-hydrogen) atoms. The van der Waals surface area contributed by atoms with Crippen LogP contribution in [0, 0.1) is 13.8 Å². The van der Waals surface area contributed by atoms with E-state index in [1.54, 1.807) is 0 Å². The molecule has 0 spiro atoms. The topological polar surface area (TPSA) is 84.0 Å². The number of rotatable bonds is 7. The van der Waals surface area contributed by atoms with Crippen molar-refractivity contribution in [1.29, 1.82) is 0 Å². The van der Waals surface area contributed by atoms with Crippen LogP contribution in [0.2, 0.25) is 0 Å². The van der Waals surface area contributed by atoms with Gasteiger partial charge in [0.15, 0.2) is 4.34 Å². The zero-order chi connectivity index (χ0) is 19.9. The summed E-state index contributed by atoms with van der Waals surface area (Å²) >= 11 is 2.55. The minimum Gasteiger partial charge on any atom is -0.325 e. The highest BCUT2D eigenvalue weighted by atomic mass is 32.2. The second-order valence-electron chi connectivity index (χ2n) is 6.24. The summed E-state index contributed by atoms with van der Waals surface area (Å²) in [5.74, 6) is -0.0323. The molecule has 0 radical (unpaired) electrons. The van der Waals surface area contributed by atoms with E-state index < -0.39 is 0 Å². The summed E-state index contributed by atoms with van der Waals surface area (Å²) in [5, 5.41) is 14.1. The summed E-state index contributed by atoms with van der Waals surface area (Å²) in [7, 11) is 0. The second-order valence-corrected chi connectivity index (χ2v) is 8.44. The van der Waals surface area contributed by atoms with Crippen LogP contribution in [0.4, 0.5) is 10.8 Å². The van der Waals surface area contributed by atoms with Crippen LogP contribution in [0.15, 0.2) is 52.9 Å². The molecular weight excluding hydrogens is 392 g/mol. The van der Waals surface area contributed by atoms with Crippen LogP contribution in [0.25, 0.3) is 0 Å². The van der Waals surface area contributed by atoms with Crippen LogP contribution in [0.5, 0.6) is 0 Å². The molecule has 1 heterocycles. The summed E-state index contributed by atoms with van der Waals surface area (Å²) in [4.78, 5) is 24.3. The smallest absolute Gasteiger partial charge is 0.234 e. The minimum absolute atomic E-state index is 0.108. The molecule has 0 fully saturated rings. The van der Waals surface area contributed by atoms with Crippen molar-refractivity contribution in [2.24, 2.45) is 0 Å². The average Bonchev–Trinajstić information content (AvgIpc) is 3.11. The number of amides is 2. The van der Waals surface area contributed by atoms with Crippen molar-refractivity contribution < 1.29 is 9.59 Å². The third kappa shape index (κ3) is 5.90. The number of hydrogen-bond acceptors (Lipinski definition) is 6. The van der Waals surface area contributed by atoms with E-state index in [0.29, 0.717) is 9.47 Å². The van der Waals surface area contributed by atoms with E-state index in [4.69, 9.17) is 0 Å². The van der Waals surface area contributed by atoms with E-state index in [1.807, 2.05) is 62.4 Å². The summed E-state index contributed by atoms with van der Waals surface area (Å²) in [5.41, 5.74) is 3.86. The fourth-order valence-electron chi connectivity index (χ4n) is 2.45. The fraction of sp³-hybridized carbons (Fsp3) is 0.200. The van der Waals surface area contributed by atoms with Crippen LogP contribution in [0.1, 0.15) is 16.7 Å². The lowest BCUT2D eigenvalue weighted by Gasteiger charge is -2.08. The van der Waals surface area contributed by atoms with E-state index in [0.717, 1.165) is 22.4 Å². The average molecular weight is 413 g/mol. The molecule has 0 aliphatic rings. The Kier molecular flexibility index (Phi) is 6.78. The fourth-order valence-corrected chi connectivity index (χ4v) is 4.02. The first-order valence-electron chi connectivity index (χ1n) is 8.67. The number of benzene rings is 2. The zero-order valence-electron chi connectivity index (χ0n) is 15.6. The summed E-state index contributed by atoms with van der Waals surface area (Å²) in [6.07, 6.45) is 0.279. The maximum atomic E-state index is 12.2. The summed E-state index contributed by atoms with van der Waals surface area (Å²) in [6, 6.07) is 15.4. The Hall–Kier alpha value is -2.71. The molecule has 0 unspecified atom stereocenters. The first-order chi connectivity index (χ1) is 13.5. The minimum atomic E-state index is -0.147. The van der Waals surface area contributed by atoms with Gasteiger partial charge in [-0.05, 0) is 36.6 Å². The van der Waals surface area contributed by atoms with Crippen molar-refractivity contribution in [3.05, 3.63) is 65.2 Å². The lowest BCUT2D eigenvalue weighted by molar-refractivity contribution is -0.115. The lowest BCUT2D eigenvalue weighted by atomic mass is 10.1. The molecule has 3 aromatic rings. The number of hydrogen-bond donors (Lipinski definition) is 2. The van der Waals surface area contributed by atoms with Gasteiger partial charge in [-0.25, -0.2) is 0 Å². The van der Waals surface area contributed by atoms with E-state index in [-0.39, 0.29) is 24.0 Å². The third-order valence-electron chi connectivity index (χ3n) is 3.85. The molecule has 0 bridgehead atoms. The van der Waals surface area contributed by atoms with Crippen LogP contribution in [-0.4, -0.2) is 27.8 Å². The quantitative estimate of drug-likeness (QED) is 0.451. The molecule has 3 rings (SSSR count). The molecule has 2 aromatic carbocycles. The van der Waals surface area contributed by atoms with Gasteiger partial charge in [0.05, 0.1) is 12.2 Å². The molecule has 8 heteroatoms. The number of carbonyl (C=O) groups is 2. The number of carbonyl (C=O) groups excluding carboxylic acids is 2. The molecule has 2 amide bonds. The van der Waals surface area contributed by atoms with Crippen molar-refractivity contribution in [2.75, 3.05) is 16.4 Å². The number of thioether (sulfide) groups is 1. The van der Waals surface area contributed by atoms with Crippen LogP contribution < -0.4 is 10.6 Å². The highest BCUT2D eigenvalue weighted by molar-refractivity contribution is 8.01. The van der Waals surface area contributed by atoms with Crippen LogP contribution >= 0.6 is 23.1 Å². The van der Waals surface area contributed by atoms with Crippen molar-refractivity contribution in [3.8, 4) is 0 Å². The summed E-state index contributed by atoms with van der Waals surface area (Å²) < 4.78 is 0.631. The standard InChI is InChI=1S/C20H20N4O2S2/c1-13-8-9-14(2)16(10-13)21-18(26)12-27-20-24-23-19(28-20)22-17(25)11-15-6-4-3-5-7-15/h3-10H,11-12H2,1-2H3,(H,21,26)(H,22,23,25). The third-order valence-corrected chi connectivity index (χ3v) is 5.83. The number of nitrogens with one attached hydrogen (secondary N) is 2. The maximum absolute atomic E-state index is 12.2. The molecule has 0 aliphatic heterocycles. The number of aromatic nitrogens is 2.